The molecule has 21 heavy (non-hydrogen) atoms. The van der Waals surface area contributed by atoms with Crippen molar-refractivity contribution >= 4 is 21.7 Å². The van der Waals surface area contributed by atoms with Crippen molar-refractivity contribution in [2.24, 2.45) is 7.05 Å². The van der Waals surface area contributed by atoms with E-state index in [4.69, 9.17) is 0 Å². The summed E-state index contributed by atoms with van der Waals surface area (Å²) in [4.78, 5) is 12.1. The lowest BCUT2D eigenvalue weighted by molar-refractivity contribution is 0.0985. The molecule has 0 saturated carbocycles. The highest BCUT2D eigenvalue weighted by Crippen LogP contribution is 2.24. The van der Waals surface area contributed by atoms with Gasteiger partial charge in [0.2, 0.25) is 0 Å². The third kappa shape index (κ3) is 2.88. The van der Waals surface area contributed by atoms with Crippen molar-refractivity contribution in [2.75, 3.05) is 0 Å². The highest BCUT2D eigenvalue weighted by molar-refractivity contribution is 9.10. The van der Waals surface area contributed by atoms with Gasteiger partial charge in [0.1, 0.15) is 0 Å². The third-order valence-electron chi connectivity index (χ3n) is 3.17. The minimum atomic E-state index is -1.64. The Labute approximate surface area is 127 Å². The Morgan fingerprint density at radius 1 is 1.29 bits per heavy atom. The first-order valence-corrected chi connectivity index (χ1v) is 7.03. The molecule has 0 atom stereocenters. The Morgan fingerprint density at radius 2 is 1.95 bits per heavy atom. The van der Waals surface area contributed by atoms with Crippen LogP contribution in [0.4, 0.5) is 13.2 Å². The van der Waals surface area contributed by atoms with Gasteiger partial charge in [0.05, 0.1) is 27.8 Å². The van der Waals surface area contributed by atoms with Gasteiger partial charge in [-0.2, -0.15) is 5.10 Å². The largest absolute Gasteiger partial charge is 0.294 e. The number of Topliss-reactive ketones (excluding diaryl/α,β-unsaturated/α-hetero) is 1. The van der Waals surface area contributed by atoms with Crippen LogP contribution in [0.2, 0.25) is 0 Å². The Morgan fingerprint density at radius 3 is 2.52 bits per heavy atom. The zero-order valence-corrected chi connectivity index (χ0v) is 13.0. The molecule has 1 heterocycles. The van der Waals surface area contributed by atoms with Gasteiger partial charge in [-0.1, -0.05) is 6.92 Å². The molecule has 0 radical (unpaired) electrons. The first-order chi connectivity index (χ1) is 9.86. The normalized spacial score (nSPS) is 11.0. The molecule has 7 heteroatoms. The Bertz CT molecular complexity index is 713. The van der Waals surface area contributed by atoms with Gasteiger partial charge in [-0.05, 0) is 34.5 Å². The van der Waals surface area contributed by atoms with Gasteiger partial charge in [0.25, 0.3) is 0 Å². The molecule has 3 nitrogen and oxygen atoms in total. The van der Waals surface area contributed by atoms with Crippen molar-refractivity contribution < 1.29 is 18.0 Å². The minimum Gasteiger partial charge on any atom is -0.294 e. The third-order valence-corrected chi connectivity index (χ3v) is 4.08. The Balaban J connectivity index is 2.35. The van der Waals surface area contributed by atoms with E-state index < -0.39 is 28.8 Å². The molecule has 2 rings (SSSR count). The number of hydrogen-bond donors (Lipinski definition) is 0. The van der Waals surface area contributed by atoms with Crippen molar-refractivity contribution in [3.05, 3.63) is 51.0 Å². The van der Waals surface area contributed by atoms with Gasteiger partial charge in [-0.25, -0.2) is 13.2 Å². The fraction of sp³-hybridized carbons (Fsp3) is 0.286. The zero-order chi connectivity index (χ0) is 15.7. The predicted octanol–water partition coefficient (Wildman–Crippen LogP) is 3.59. The number of hydrogen-bond acceptors (Lipinski definition) is 2. The van der Waals surface area contributed by atoms with Crippen LogP contribution >= 0.6 is 15.9 Å². The average Bonchev–Trinajstić information content (AvgIpc) is 2.72. The summed E-state index contributed by atoms with van der Waals surface area (Å²) in [5.41, 5.74) is 0.854. The fourth-order valence-corrected chi connectivity index (χ4v) is 2.76. The summed E-state index contributed by atoms with van der Waals surface area (Å²) in [5, 5.41) is 4.22. The number of nitrogens with zero attached hydrogens (tertiary/aromatic N) is 2. The van der Waals surface area contributed by atoms with Crippen LogP contribution in [0, 0.1) is 17.5 Å². The maximum absolute atomic E-state index is 13.6. The number of carbonyl (C=O) groups is 1. The van der Waals surface area contributed by atoms with Gasteiger partial charge >= 0.3 is 0 Å². The monoisotopic (exact) mass is 360 g/mol. The summed E-state index contributed by atoms with van der Waals surface area (Å²) in [6, 6.07) is 1.68. The first-order valence-electron chi connectivity index (χ1n) is 6.23. The van der Waals surface area contributed by atoms with Gasteiger partial charge in [-0.15, -0.1) is 0 Å². The molecular formula is C14H12BrF3N2O. The first kappa shape index (κ1) is 15.8. The summed E-state index contributed by atoms with van der Waals surface area (Å²) in [6.45, 7) is 1.91. The zero-order valence-electron chi connectivity index (χ0n) is 11.4. The van der Waals surface area contributed by atoms with Gasteiger partial charge in [0.15, 0.2) is 23.2 Å². The molecule has 0 aliphatic heterocycles. The number of aryl methyl sites for hydroxylation is 2. The molecule has 0 aliphatic carbocycles. The molecule has 0 spiro atoms. The quantitative estimate of drug-likeness (QED) is 0.616. The fourth-order valence-electron chi connectivity index (χ4n) is 2.00. The predicted molar refractivity (Wildman–Crippen MR) is 74.6 cm³/mol. The highest BCUT2D eigenvalue weighted by Gasteiger charge is 2.22. The van der Waals surface area contributed by atoms with E-state index in [1.54, 1.807) is 7.05 Å². The van der Waals surface area contributed by atoms with Gasteiger partial charge in [-0.3, -0.25) is 9.48 Å². The number of carbonyl (C=O) groups excluding carboxylic acids is 1. The highest BCUT2D eigenvalue weighted by atomic mass is 79.9. The maximum atomic E-state index is 13.6. The van der Waals surface area contributed by atoms with E-state index in [1.165, 1.54) is 4.68 Å². The van der Waals surface area contributed by atoms with E-state index in [9.17, 15) is 18.0 Å². The van der Waals surface area contributed by atoms with Crippen LogP contribution in [-0.2, 0) is 19.9 Å². The van der Waals surface area contributed by atoms with E-state index >= 15 is 0 Å². The van der Waals surface area contributed by atoms with Gasteiger partial charge < -0.3 is 0 Å². The van der Waals surface area contributed by atoms with Crippen molar-refractivity contribution in [1.29, 1.82) is 0 Å². The molecule has 1 aromatic carbocycles. The van der Waals surface area contributed by atoms with E-state index in [2.05, 4.69) is 21.0 Å². The van der Waals surface area contributed by atoms with Crippen molar-refractivity contribution in [1.82, 2.24) is 9.78 Å². The second-order valence-corrected chi connectivity index (χ2v) is 5.30. The van der Waals surface area contributed by atoms with E-state index in [0.717, 1.165) is 17.8 Å². The summed E-state index contributed by atoms with van der Waals surface area (Å²) >= 11 is 3.34. The average molecular weight is 361 g/mol. The SMILES string of the molecule is CCc1nn(C)c(CC(=O)c2ccc(F)c(F)c2F)c1Br. The van der Waals surface area contributed by atoms with E-state index in [0.29, 0.717) is 16.6 Å². The van der Waals surface area contributed by atoms with Crippen LogP contribution in [-0.4, -0.2) is 15.6 Å². The molecular weight excluding hydrogens is 349 g/mol. The van der Waals surface area contributed by atoms with Gasteiger partial charge in [0, 0.05) is 7.05 Å². The summed E-state index contributed by atoms with van der Waals surface area (Å²) < 4.78 is 41.9. The second-order valence-electron chi connectivity index (χ2n) is 4.51. The van der Waals surface area contributed by atoms with Crippen LogP contribution in [0.5, 0.6) is 0 Å². The number of halogens is 4. The van der Waals surface area contributed by atoms with Crippen molar-refractivity contribution in [3.8, 4) is 0 Å². The number of aromatic nitrogens is 2. The standard InChI is InChI=1S/C14H12BrF3N2O/c1-3-9-12(15)10(20(2)19-9)6-11(21)7-4-5-8(16)14(18)13(7)17/h4-5H,3,6H2,1-2H3. The lowest BCUT2D eigenvalue weighted by atomic mass is 10.1. The molecule has 2 aromatic rings. The molecule has 0 saturated heterocycles. The number of benzene rings is 1. The Hall–Kier alpha value is -1.63. The summed E-state index contributed by atoms with van der Waals surface area (Å²) in [7, 11) is 1.66. The molecule has 0 N–H and O–H groups in total. The molecule has 0 aliphatic rings. The van der Waals surface area contributed by atoms with Crippen molar-refractivity contribution in [2.45, 2.75) is 19.8 Å². The second kappa shape index (κ2) is 6.01. The molecule has 0 fully saturated rings. The number of rotatable bonds is 4. The lowest BCUT2D eigenvalue weighted by Crippen LogP contribution is -2.11. The number of ketones is 1. The lowest BCUT2D eigenvalue weighted by Gasteiger charge is -2.05. The Kier molecular flexibility index (Phi) is 4.51. The molecule has 112 valence electrons. The van der Waals surface area contributed by atoms with Crippen LogP contribution in [0.3, 0.4) is 0 Å². The van der Waals surface area contributed by atoms with Crippen LogP contribution in [0.15, 0.2) is 16.6 Å². The minimum absolute atomic E-state index is 0.161. The van der Waals surface area contributed by atoms with E-state index in [-0.39, 0.29) is 6.42 Å². The summed E-state index contributed by atoms with van der Waals surface area (Å²) in [6.07, 6.45) is 0.508. The van der Waals surface area contributed by atoms with Crippen molar-refractivity contribution in [3.63, 3.8) is 0 Å². The van der Waals surface area contributed by atoms with Crippen LogP contribution < -0.4 is 0 Å². The molecule has 1 aromatic heterocycles. The maximum Gasteiger partial charge on any atom is 0.195 e. The smallest absolute Gasteiger partial charge is 0.195 e. The van der Waals surface area contributed by atoms with E-state index in [1.807, 2.05) is 6.92 Å². The topological polar surface area (TPSA) is 34.9 Å². The molecule has 0 amide bonds. The molecule has 0 unspecified atom stereocenters. The van der Waals surface area contributed by atoms with Crippen LogP contribution in [0.25, 0.3) is 0 Å². The summed E-state index contributed by atoms with van der Waals surface area (Å²) in [5.74, 6) is -5.06. The van der Waals surface area contributed by atoms with Crippen LogP contribution in [0.1, 0.15) is 28.7 Å². The molecule has 0 bridgehead atoms.